The van der Waals surface area contributed by atoms with Gasteiger partial charge in [0.25, 0.3) is 11.7 Å². The summed E-state index contributed by atoms with van der Waals surface area (Å²) in [5, 5.41) is -0.832. The van der Waals surface area contributed by atoms with E-state index in [2.05, 4.69) is 4.98 Å². The maximum atomic E-state index is 12.4. The van der Waals surface area contributed by atoms with Crippen LogP contribution in [-0.2, 0) is 0 Å². The van der Waals surface area contributed by atoms with Gasteiger partial charge in [-0.3, -0.25) is 4.79 Å². The Kier molecular flexibility index (Phi) is 4.44. The number of carbonyl (C=O) groups is 1. The van der Waals surface area contributed by atoms with Crippen LogP contribution in [0.25, 0.3) is 0 Å². The standard InChI is InChI=1S/C7H2ClF2I2NO/c8-6(14)3-1-2(11)4(12)5(13-3)7(9)10/h1,7H. The molecular formula is C7H2ClF2I2NO. The predicted molar refractivity (Wildman–Crippen MR) is 64.8 cm³/mol. The third-order valence-electron chi connectivity index (χ3n) is 1.35. The molecule has 0 fully saturated rings. The number of halogens is 5. The molecular weight excluding hydrogens is 441 g/mol. The van der Waals surface area contributed by atoms with E-state index in [0.29, 0.717) is 7.14 Å². The molecule has 0 aromatic carbocycles. The second kappa shape index (κ2) is 4.97. The third-order valence-corrected chi connectivity index (χ3v) is 4.56. The van der Waals surface area contributed by atoms with E-state index in [0.717, 1.165) is 0 Å². The Labute approximate surface area is 111 Å². The van der Waals surface area contributed by atoms with E-state index >= 15 is 0 Å². The Bertz CT molecular complexity index is 386. The molecule has 1 aromatic heterocycles. The van der Waals surface area contributed by atoms with Gasteiger partial charge in [0.05, 0.1) is 3.57 Å². The van der Waals surface area contributed by atoms with Crippen LogP contribution in [0.5, 0.6) is 0 Å². The van der Waals surface area contributed by atoms with Gasteiger partial charge in [0.1, 0.15) is 11.4 Å². The summed E-state index contributed by atoms with van der Waals surface area (Å²) in [5.74, 6) is 0. The number of nitrogens with zero attached hydrogens (tertiary/aromatic N) is 1. The minimum atomic E-state index is -2.70. The van der Waals surface area contributed by atoms with Crippen molar-refractivity contribution in [3.05, 3.63) is 24.6 Å². The lowest BCUT2D eigenvalue weighted by Gasteiger charge is -2.05. The van der Waals surface area contributed by atoms with Gasteiger partial charge < -0.3 is 0 Å². The van der Waals surface area contributed by atoms with Gasteiger partial charge in [-0.2, -0.15) is 0 Å². The van der Waals surface area contributed by atoms with Crippen molar-refractivity contribution >= 4 is 62.0 Å². The summed E-state index contributed by atoms with van der Waals surface area (Å²) in [7, 11) is 0. The Morgan fingerprint density at radius 1 is 1.50 bits per heavy atom. The summed E-state index contributed by atoms with van der Waals surface area (Å²) in [5.41, 5.74) is -0.548. The van der Waals surface area contributed by atoms with Crippen LogP contribution < -0.4 is 0 Å². The molecule has 0 amide bonds. The largest absolute Gasteiger partial charge is 0.281 e. The van der Waals surface area contributed by atoms with Gasteiger partial charge in [-0.25, -0.2) is 13.8 Å². The van der Waals surface area contributed by atoms with E-state index in [9.17, 15) is 13.6 Å². The molecule has 0 saturated carbocycles. The molecule has 14 heavy (non-hydrogen) atoms. The molecule has 0 saturated heterocycles. The Hall–Kier alpha value is 0.430. The first-order chi connectivity index (χ1) is 6.43. The van der Waals surface area contributed by atoms with Gasteiger partial charge in [0, 0.05) is 3.57 Å². The van der Waals surface area contributed by atoms with Crippen LogP contribution in [-0.4, -0.2) is 10.2 Å². The molecule has 1 rings (SSSR count). The van der Waals surface area contributed by atoms with Crippen LogP contribution >= 0.6 is 56.8 Å². The maximum Gasteiger partial charge on any atom is 0.281 e. The lowest BCUT2D eigenvalue weighted by molar-refractivity contribution is 0.107. The van der Waals surface area contributed by atoms with Crippen LogP contribution in [0.4, 0.5) is 8.78 Å². The number of aromatic nitrogens is 1. The topological polar surface area (TPSA) is 30.0 Å². The van der Waals surface area contributed by atoms with E-state index in [-0.39, 0.29) is 5.69 Å². The van der Waals surface area contributed by atoms with Crippen molar-refractivity contribution in [1.29, 1.82) is 0 Å². The molecule has 0 aliphatic carbocycles. The molecule has 76 valence electrons. The number of alkyl halides is 2. The van der Waals surface area contributed by atoms with Crippen molar-refractivity contribution in [2.75, 3.05) is 0 Å². The summed E-state index contributed by atoms with van der Waals surface area (Å²) >= 11 is 8.76. The molecule has 0 bridgehead atoms. The van der Waals surface area contributed by atoms with Crippen molar-refractivity contribution < 1.29 is 13.6 Å². The lowest BCUT2D eigenvalue weighted by Crippen LogP contribution is -2.04. The zero-order chi connectivity index (χ0) is 10.9. The zero-order valence-electron chi connectivity index (χ0n) is 6.40. The van der Waals surface area contributed by atoms with Crippen LogP contribution in [0.3, 0.4) is 0 Å². The fourth-order valence-corrected chi connectivity index (χ4v) is 1.94. The van der Waals surface area contributed by atoms with Crippen molar-refractivity contribution in [2.45, 2.75) is 6.43 Å². The molecule has 0 aliphatic rings. The van der Waals surface area contributed by atoms with Gasteiger partial charge in [0.15, 0.2) is 0 Å². The highest BCUT2D eigenvalue weighted by Gasteiger charge is 2.18. The van der Waals surface area contributed by atoms with Crippen molar-refractivity contribution in [2.24, 2.45) is 0 Å². The minimum absolute atomic E-state index is 0.146. The van der Waals surface area contributed by atoms with Gasteiger partial charge in [-0.1, -0.05) is 0 Å². The summed E-state index contributed by atoms with van der Waals surface area (Å²) < 4.78 is 25.7. The Morgan fingerprint density at radius 2 is 2.07 bits per heavy atom. The summed E-state index contributed by atoms with van der Waals surface area (Å²) in [4.78, 5) is 14.2. The predicted octanol–water partition coefficient (Wildman–Crippen LogP) is 3.61. The fourth-order valence-electron chi connectivity index (χ4n) is 0.762. The molecule has 2 nitrogen and oxygen atoms in total. The van der Waals surface area contributed by atoms with Crippen molar-refractivity contribution in [3.63, 3.8) is 0 Å². The van der Waals surface area contributed by atoms with E-state index in [1.165, 1.54) is 6.07 Å². The monoisotopic (exact) mass is 443 g/mol. The molecule has 1 aromatic rings. The number of hydrogen-bond acceptors (Lipinski definition) is 2. The van der Waals surface area contributed by atoms with E-state index in [1.54, 1.807) is 22.6 Å². The second-order valence-corrected chi connectivity index (χ2v) is 4.85. The smallest absolute Gasteiger partial charge is 0.274 e. The molecule has 0 aliphatic heterocycles. The molecule has 7 heteroatoms. The first-order valence-corrected chi connectivity index (χ1v) is 5.81. The van der Waals surface area contributed by atoms with Gasteiger partial charge >= 0.3 is 0 Å². The number of pyridine rings is 1. The van der Waals surface area contributed by atoms with Gasteiger partial charge in [0.2, 0.25) is 0 Å². The first kappa shape index (κ1) is 12.5. The highest BCUT2D eigenvalue weighted by molar-refractivity contribution is 14.1. The average Bonchev–Trinajstić information content (AvgIpc) is 2.08. The third kappa shape index (κ3) is 2.72. The van der Waals surface area contributed by atoms with Crippen LogP contribution in [0.15, 0.2) is 6.07 Å². The number of hydrogen-bond donors (Lipinski definition) is 0. The maximum absolute atomic E-state index is 12.4. The SMILES string of the molecule is O=C(Cl)c1cc(I)c(I)c(C(F)F)n1. The number of carbonyl (C=O) groups excluding carboxylic acids is 1. The van der Waals surface area contributed by atoms with Gasteiger partial charge in [-0.05, 0) is 62.8 Å². The zero-order valence-corrected chi connectivity index (χ0v) is 11.5. The van der Waals surface area contributed by atoms with Crippen LogP contribution in [0, 0.1) is 7.14 Å². The molecule has 0 spiro atoms. The minimum Gasteiger partial charge on any atom is -0.274 e. The average molecular weight is 443 g/mol. The van der Waals surface area contributed by atoms with E-state index in [1.807, 2.05) is 22.6 Å². The lowest BCUT2D eigenvalue weighted by atomic mass is 10.3. The Morgan fingerprint density at radius 3 is 2.50 bits per heavy atom. The molecule has 0 atom stereocenters. The molecule has 1 heterocycles. The normalized spacial score (nSPS) is 10.7. The second-order valence-electron chi connectivity index (χ2n) is 2.26. The number of rotatable bonds is 2. The van der Waals surface area contributed by atoms with E-state index < -0.39 is 17.4 Å². The molecule has 0 radical (unpaired) electrons. The summed E-state index contributed by atoms with van der Waals surface area (Å²) in [6.07, 6.45) is -2.70. The van der Waals surface area contributed by atoms with E-state index in [4.69, 9.17) is 11.6 Å². The van der Waals surface area contributed by atoms with Crippen LogP contribution in [0.1, 0.15) is 22.6 Å². The summed E-state index contributed by atoms with van der Waals surface area (Å²) in [6, 6.07) is 1.38. The summed E-state index contributed by atoms with van der Waals surface area (Å²) in [6.45, 7) is 0. The first-order valence-electron chi connectivity index (χ1n) is 3.27. The van der Waals surface area contributed by atoms with Crippen molar-refractivity contribution in [1.82, 2.24) is 4.98 Å². The van der Waals surface area contributed by atoms with Gasteiger partial charge in [-0.15, -0.1) is 0 Å². The highest BCUT2D eigenvalue weighted by Crippen LogP contribution is 2.27. The quantitative estimate of drug-likeness (QED) is 0.517. The Balaban J connectivity index is 3.35. The fraction of sp³-hybridized carbons (Fsp3) is 0.143. The molecule has 0 N–H and O–H groups in total. The van der Waals surface area contributed by atoms with Crippen LogP contribution in [0.2, 0.25) is 0 Å². The molecule has 0 unspecified atom stereocenters. The van der Waals surface area contributed by atoms with Crippen molar-refractivity contribution in [3.8, 4) is 0 Å². The highest BCUT2D eigenvalue weighted by atomic mass is 127.